The van der Waals surface area contributed by atoms with E-state index in [-0.39, 0.29) is 24.1 Å². The van der Waals surface area contributed by atoms with Crippen molar-refractivity contribution in [1.29, 1.82) is 0 Å². The predicted molar refractivity (Wildman–Crippen MR) is 128 cm³/mol. The van der Waals surface area contributed by atoms with Crippen LogP contribution in [0.1, 0.15) is 32.1 Å². The SMILES string of the molecule is COc1ccc(Cl)cc1NC(=O)Cn1c(=O)c(N(C)C2CCCCC2)nc2ccccc21. The smallest absolute Gasteiger partial charge is 0.294 e. The fourth-order valence-corrected chi connectivity index (χ4v) is 4.49. The second kappa shape index (κ2) is 9.61. The van der Waals surface area contributed by atoms with E-state index >= 15 is 0 Å². The van der Waals surface area contributed by atoms with Crippen molar-refractivity contribution in [3.05, 3.63) is 57.8 Å². The van der Waals surface area contributed by atoms with Crippen LogP contribution < -0.4 is 20.5 Å². The lowest BCUT2D eigenvalue weighted by molar-refractivity contribution is -0.116. The first-order valence-corrected chi connectivity index (χ1v) is 11.2. The lowest BCUT2D eigenvalue weighted by atomic mass is 9.94. The van der Waals surface area contributed by atoms with Gasteiger partial charge in [0.1, 0.15) is 12.3 Å². The fraction of sp³-hybridized carbons (Fsp3) is 0.375. The van der Waals surface area contributed by atoms with E-state index < -0.39 is 0 Å². The molecule has 0 radical (unpaired) electrons. The first-order valence-electron chi connectivity index (χ1n) is 10.8. The van der Waals surface area contributed by atoms with Gasteiger partial charge in [0, 0.05) is 18.1 Å². The maximum absolute atomic E-state index is 13.5. The lowest BCUT2D eigenvalue weighted by Gasteiger charge is -2.32. The van der Waals surface area contributed by atoms with Crippen LogP contribution in [0.15, 0.2) is 47.3 Å². The van der Waals surface area contributed by atoms with Crippen LogP contribution in [0, 0.1) is 0 Å². The summed E-state index contributed by atoms with van der Waals surface area (Å²) in [5, 5.41) is 3.29. The number of carbonyl (C=O) groups excluding carboxylic acids is 1. The quantitative estimate of drug-likeness (QED) is 0.594. The molecule has 4 rings (SSSR count). The minimum Gasteiger partial charge on any atom is -0.495 e. The molecule has 0 bridgehead atoms. The zero-order valence-electron chi connectivity index (χ0n) is 18.3. The van der Waals surface area contributed by atoms with Crippen LogP contribution in [-0.2, 0) is 11.3 Å². The number of ether oxygens (including phenoxy) is 1. The van der Waals surface area contributed by atoms with E-state index in [1.54, 1.807) is 24.3 Å². The van der Waals surface area contributed by atoms with Crippen molar-refractivity contribution in [2.45, 2.75) is 44.7 Å². The molecular weight excluding hydrogens is 428 g/mol. The number of aromatic nitrogens is 2. The molecule has 2 aromatic carbocycles. The van der Waals surface area contributed by atoms with Crippen molar-refractivity contribution in [3.63, 3.8) is 0 Å². The van der Waals surface area contributed by atoms with Crippen LogP contribution in [0.3, 0.4) is 0 Å². The predicted octanol–water partition coefficient (Wildman–Crippen LogP) is 4.47. The number of para-hydroxylation sites is 2. The van der Waals surface area contributed by atoms with E-state index in [1.165, 1.54) is 18.1 Å². The van der Waals surface area contributed by atoms with Gasteiger partial charge in [-0.2, -0.15) is 0 Å². The minimum atomic E-state index is -0.352. The van der Waals surface area contributed by atoms with Crippen molar-refractivity contribution < 1.29 is 9.53 Å². The molecule has 1 saturated carbocycles. The summed E-state index contributed by atoms with van der Waals surface area (Å²) < 4.78 is 6.79. The van der Waals surface area contributed by atoms with Crippen LogP contribution in [0.4, 0.5) is 11.5 Å². The van der Waals surface area contributed by atoms with Crippen molar-refractivity contribution in [2.24, 2.45) is 0 Å². The standard InChI is InChI=1S/C24H27ClN4O3/c1-28(17-8-4-3-5-9-17)23-24(31)29(20-11-7-6-10-18(20)27-23)15-22(30)26-19-14-16(25)12-13-21(19)32-2/h6-7,10-14,17H,3-5,8-9,15H2,1-2H3,(H,26,30). The highest BCUT2D eigenvalue weighted by molar-refractivity contribution is 6.31. The largest absolute Gasteiger partial charge is 0.495 e. The van der Waals surface area contributed by atoms with Crippen LogP contribution in [0.5, 0.6) is 5.75 Å². The molecule has 0 atom stereocenters. The van der Waals surface area contributed by atoms with Crippen LogP contribution in [0.2, 0.25) is 5.02 Å². The summed E-state index contributed by atoms with van der Waals surface area (Å²) in [4.78, 5) is 33.1. The van der Waals surface area contributed by atoms with Gasteiger partial charge in [0.15, 0.2) is 5.82 Å². The number of methoxy groups -OCH3 is 1. The van der Waals surface area contributed by atoms with Gasteiger partial charge >= 0.3 is 0 Å². The van der Waals surface area contributed by atoms with Gasteiger partial charge in [-0.15, -0.1) is 0 Å². The third-order valence-electron chi connectivity index (χ3n) is 6.03. The summed E-state index contributed by atoms with van der Waals surface area (Å²) in [6.07, 6.45) is 5.62. The molecule has 0 aliphatic heterocycles. The van der Waals surface area contributed by atoms with E-state index in [0.717, 1.165) is 25.7 Å². The number of anilines is 2. The molecule has 1 aliphatic carbocycles. The van der Waals surface area contributed by atoms with Crippen molar-refractivity contribution in [2.75, 3.05) is 24.4 Å². The zero-order valence-corrected chi connectivity index (χ0v) is 19.1. The Balaban J connectivity index is 1.68. The molecule has 1 fully saturated rings. The molecule has 3 aromatic rings. The molecule has 1 amide bonds. The van der Waals surface area contributed by atoms with Crippen LogP contribution >= 0.6 is 11.6 Å². The van der Waals surface area contributed by atoms with Gasteiger partial charge in [0.2, 0.25) is 5.91 Å². The second-order valence-electron chi connectivity index (χ2n) is 8.11. The second-order valence-corrected chi connectivity index (χ2v) is 8.55. The summed E-state index contributed by atoms with van der Waals surface area (Å²) >= 11 is 6.07. The van der Waals surface area contributed by atoms with Crippen LogP contribution in [0.25, 0.3) is 11.0 Å². The van der Waals surface area contributed by atoms with E-state index in [2.05, 4.69) is 10.3 Å². The molecule has 1 heterocycles. The van der Waals surface area contributed by atoms with Gasteiger partial charge in [0.25, 0.3) is 5.56 Å². The molecule has 8 heteroatoms. The Morgan fingerprint density at radius 1 is 1.22 bits per heavy atom. The summed E-state index contributed by atoms with van der Waals surface area (Å²) in [6.45, 7) is -0.150. The van der Waals surface area contributed by atoms with Crippen molar-refractivity contribution >= 4 is 40.0 Å². The molecule has 0 saturated heterocycles. The summed E-state index contributed by atoms with van der Waals surface area (Å²) in [7, 11) is 3.45. The highest BCUT2D eigenvalue weighted by atomic mass is 35.5. The first kappa shape index (κ1) is 22.1. The van der Waals surface area contributed by atoms with Gasteiger partial charge in [-0.3, -0.25) is 14.2 Å². The molecule has 7 nitrogen and oxygen atoms in total. The Morgan fingerprint density at radius 3 is 2.72 bits per heavy atom. The monoisotopic (exact) mass is 454 g/mol. The summed E-state index contributed by atoms with van der Waals surface area (Å²) in [5.41, 5.74) is 1.48. The maximum atomic E-state index is 13.5. The molecule has 1 N–H and O–H groups in total. The summed E-state index contributed by atoms with van der Waals surface area (Å²) in [6, 6.07) is 12.7. The lowest BCUT2D eigenvalue weighted by Crippen LogP contribution is -2.40. The molecular formula is C24H27ClN4O3. The number of halogens is 1. The number of carbonyl (C=O) groups is 1. The maximum Gasteiger partial charge on any atom is 0.294 e. The Labute approximate surface area is 192 Å². The zero-order chi connectivity index (χ0) is 22.7. The third-order valence-corrected chi connectivity index (χ3v) is 6.26. The number of nitrogens with zero attached hydrogens (tertiary/aromatic N) is 3. The first-order chi connectivity index (χ1) is 15.5. The Hall–Kier alpha value is -3.06. The van der Waals surface area contributed by atoms with Gasteiger partial charge in [0.05, 0.1) is 23.8 Å². The number of fused-ring (bicyclic) bond motifs is 1. The minimum absolute atomic E-state index is 0.150. The highest BCUT2D eigenvalue weighted by Gasteiger charge is 2.23. The van der Waals surface area contributed by atoms with Gasteiger partial charge in [-0.25, -0.2) is 4.98 Å². The molecule has 0 unspecified atom stereocenters. The highest BCUT2D eigenvalue weighted by Crippen LogP contribution is 2.28. The van der Waals surface area contributed by atoms with E-state index in [9.17, 15) is 9.59 Å². The molecule has 1 aromatic heterocycles. The Bertz CT molecular complexity index is 1190. The number of benzene rings is 2. The normalized spacial score (nSPS) is 14.3. The molecule has 1 aliphatic rings. The fourth-order valence-electron chi connectivity index (χ4n) is 4.32. The number of amides is 1. The Morgan fingerprint density at radius 2 is 1.97 bits per heavy atom. The topological polar surface area (TPSA) is 76.5 Å². The Kier molecular flexibility index (Phi) is 6.65. The third kappa shape index (κ3) is 4.58. The number of hydrogen-bond acceptors (Lipinski definition) is 5. The molecule has 0 spiro atoms. The molecule has 32 heavy (non-hydrogen) atoms. The van der Waals surface area contributed by atoms with E-state index in [4.69, 9.17) is 16.3 Å². The van der Waals surface area contributed by atoms with Gasteiger partial charge in [-0.05, 0) is 43.2 Å². The summed E-state index contributed by atoms with van der Waals surface area (Å²) in [5.74, 6) is 0.520. The number of nitrogens with one attached hydrogen (secondary N) is 1. The van der Waals surface area contributed by atoms with E-state index in [0.29, 0.717) is 33.3 Å². The molecule has 168 valence electrons. The number of rotatable bonds is 6. The number of hydrogen-bond donors (Lipinski definition) is 1. The van der Waals surface area contributed by atoms with E-state index in [1.807, 2.05) is 30.1 Å². The average molecular weight is 455 g/mol. The van der Waals surface area contributed by atoms with Crippen molar-refractivity contribution in [3.8, 4) is 5.75 Å². The van der Waals surface area contributed by atoms with Crippen LogP contribution in [-0.4, -0.2) is 35.7 Å². The van der Waals surface area contributed by atoms with Gasteiger partial charge in [-0.1, -0.05) is 43.0 Å². The van der Waals surface area contributed by atoms with Gasteiger partial charge < -0.3 is 15.0 Å². The average Bonchev–Trinajstić information content (AvgIpc) is 2.81. The van der Waals surface area contributed by atoms with Crippen molar-refractivity contribution in [1.82, 2.24) is 9.55 Å².